The Morgan fingerprint density at radius 1 is 1.50 bits per heavy atom. The molecule has 22 heavy (non-hydrogen) atoms. The number of amides is 1. The third-order valence-electron chi connectivity index (χ3n) is 3.71. The molecule has 0 bridgehead atoms. The predicted octanol–water partition coefficient (Wildman–Crippen LogP) is 0.483. The van der Waals surface area contributed by atoms with Crippen LogP contribution in [0.4, 0.5) is 4.39 Å². The van der Waals surface area contributed by atoms with Gasteiger partial charge in [0.2, 0.25) is 11.6 Å². The highest BCUT2D eigenvalue weighted by Crippen LogP contribution is 2.26. The Bertz CT molecular complexity index is 817. The van der Waals surface area contributed by atoms with Crippen LogP contribution in [0.15, 0.2) is 22.6 Å². The molecule has 1 amide bonds. The van der Waals surface area contributed by atoms with Crippen LogP contribution in [0.2, 0.25) is 0 Å². The summed E-state index contributed by atoms with van der Waals surface area (Å²) < 4.78 is 15.1. The largest absolute Gasteiger partial charge is 0.479 e. The zero-order valence-electron chi connectivity index (χ0n) is 11.4. The highest BCUT2D eigenvalue weighted by Gasteiger charge is 2.46. The second-order valence-corrected chi connectivity index (χ2v) is 6.05. The molecule has 0 aliphatic carbocycles. The summed E-state index contributed by atoms with van der Waals surface area (Å²) >= 11 is 1.32. The monoisotopic (exact) mass is 325 g/mol. The SMILES string of the molecule is O=C(Cn1cnc2sccc2c1=O)N1CCC(F)(C(=O)O)C1. The molecule has 3 rings (SSSR count). The number of carboxylic acid groups (broad SMARTS) is 1. The first-order valence-corrected chi connectivity index (χ1v) is 7.41. The third kappa shape index (κ3) is 2.37. The van der Waals surface area contributed by atoms with Crippen LogP contribution in [0.3, 0.4) is 0 Å². The van der Waals surface area contributed by atoms with Gasteiger partial charge in [-0.25, -0.2) is 14.2 Å². The number of hydrogen-bond acceptors (Lipinski definition) is 5. The number of aromatic nitrogens is 2. The Hall–Kier alpha value is -2.29. The quantitative estimate of drug-likeness (QED) is 0.886. The summed E-state index contributed by atoms with van der Waals surface area (Å²) in [6.45, 7) is -0.762. The summed E-state index contributed by atoms with van der Waals surface area (Å²) in [6.07, 6.45) is 1.03. The molecule has 1 fully saturated rings. The minimum Gasteiger partial charge on any atom is -0.479 e. The smallest absolute Gasteiger partial charge is 0.343 e. The lowest BCUT2D eigenvalue weighted by atomic mass is 10.1. The van der Waals surface area contributed by atoms with Crippen LogP contribution >= 0.6 is 11.3 Å². The molecular weight excluding hydrogens is 313 g/mol. The number of rotatable bonds is 3. The standard InChI is InChI=1S/C13H12FN3O4S/c14-13(12(20)21)2-3-16(6-13)9(18)5-17-7-15-10-8(11(17)19)1-4-22-10/h1,4,7H,2-3,5-6H2,(H,20,21). The fourth-order valence-electron chi connectivity index (χ4n) is 2.41. The first kappa shape index (κ1) is 14.6. The number of nitrogens with zero attached hydrogens (tertiary/aromatic N) is 3. The van der Waals surface area contributed by atoms with Gasteiger partial charge in [-0.1, -0.05) is 0 Å². The third-order valence-corrected chi connectivity index (χ3v) is 4.53. The van der Waals surface area contributed by atoms with Crippen LogP contribution in [-0.4, -0.2) is 50.2 Å². The van der Waals surface area contributed by atoms with E-state index in [0.29, 0.717) is 10.2 Å². The average molecular weight is 325 g/mol. The Labute approximate surface area is 127 Å². The molecule has 1 aliphatic heterocycles. The lowest BCUT2D eigenvalue weighted by Crippen LogP contribution is -2.40. The van der Waals surface area contributed by atoms with Crippen LogP contribution in [0.1, 0.15) is 6.42 Å². The average Bonchev–Trinajstić information content (AvgIpc) is 3.09. The van der Waals surface area contributed by atoms with E-state index in [1.807, 2.05) is 0 Å². The van der Waals surface area contributed by atoms with E-state index < -0.39 is 24.1 Å². The van der Waals surface area contributed by atoms with Crippen molar-refractivity contribution >= 4 is 33.4 Å². The fourth-order valence-corrected chi connectivity index (χ4v) is 3.14. The van der Waals surface area contributed by atoms with Crippen molar-refractivity contribution in [1.82, 2.24) is 14.5 Å². The molecule has 0 aromatic carbocycles. The lowest BCUT2D eigenvalue weighted by Gasteiger charge is -2.18. The summed E-state index contributed by atoms with van der Waals surface area (Å²) in [5, 5.41) is 11.0. The van der Waals surface area contributed by atoms with Gasteiger partial charge in [0.15, 0.2) is 0 Å². The van der Waals surface area contributed by atoms with Crippen LogP contribution in [0, 0.1) is 0 Å². The molecule has 116 valence electrons. The first-order chi connectivity index (χ1) is 10.4. The maximum Gasteiger partial charge on any atom is 0.343 e. The number of alkyl halides is 1. The Balaban J connectivity index is 1.78. The molecule has 1 N–H and O–H groups in total. The van der Waals surface area contributed by atoms with Gasteiger partial charge in [0.25, 0.3) is 5.56 Å². The highest BCUT2D eigenvalue weighted by molar-refractivity contribution is 7.16. The molecular formula is C13H12FN3O4S. The van der Waals surface area contributed by atoms with Crippen molar-refractivity contribution in [2.75, 3.05) is 13.1 Å². The van der Waals surface area contributed by atoms with Gasteiger partial charge >= 0.3 is 5.97 Å². The van der Waals surface area contributed by atoms with Gasteiger partial charge in [0, 0.05) is 13.0 Å². The number of fused-ring (bicyclic) bond motifs is 1. The van der Waals surface area contributed by atoms with Crippen molar-refractivity contribution in [3.8, 4) is 0 Å². The minimum absolute atomic E-state index is 0.0184. The summed E-state index contributed by atoms with van der Waals surface area (Å²) in [4.78, 5) is 40.9. The summed E-state index contributed by atoms with van der Waals surface area (Å²) in [6, 6.07) is 1.63. The molecule has 7 nitrogen and oxygen atoms in total. The zero-order chi connectivity index (χ0) is 15.9. The van der Waals surface area contributed by atoms with E-state index in [9.17, 15) is 18.8 Å². The second-order valence-electron chi connectivity index (χ2n) is 5.15. The highest BCUT2D eigenvalue weighted by atomic mass is 32.1. The summed E-state index contributed by atoms with van der Waals surface area (Å²) in [5.41, 5.74) is -2.75. The van der Waals surface area contributed by atoms with E-state index in [1.54, 1.807) is 11.4 Å². The molecule has 3 heterocycles. The predicted molar refractivity (Wildman–Crippen MR) is 76.6 cm³/mol. The number of aliphatic carboxylic acids is 1. The van der Waals surface area contributed by atoms with Crippen molar-refractivity contribution in [2.24, 2.45) is 0 Å². The molecule has 9 heteroatoms. The minimum atomic E-state index is -2.41. The van der Waals surface area contributed by atoms with Crippen molar-refractivity contribution in [1.29, 1.82) is 0 Å². The molecule has 2 aromatic heterocycles. The molecule has 1 aliphatic rings. The number of likely N-dealkylation sites (tertiary alicyclic amines) is 1. The van der Waals surface area contributed by atoms with Crippen molar-refractivity contribution in [3.05, 3.63) is 28.1 Å². The summed E-state index contributed by atoms with van der Waals surface area (Å²) in [7, 11) is 0. The Morgan fingerprint density at radius 3 is 2.95 bits per heavy atom. The molecule has 1 unspecified atom stereocenters. The molecule has 1 atom stereocenters. The van der Waals surface area contributed by atoms with Gasteiger partial charge in [-0.15, -0.1) is 11.3 Å². The van der Waals surface area contributed by atoms with Crippen molar-refractivity contribution in [2.45, 2.75) is 18.6 Å². The van der Waals surface area contributed by atoms with Gasteiger partial charge in [-0.05, 0) is 11.4 Å². The van der Waals surface area contributed by atoms with E-state index in [-0.39, 0.29) is 25.1 Å². The zero-order valence-corrected chi connectivity index (χ0v) is 12.2. The van der Waals surface area contributed by atoms with Crippen molar-refractivity contribution < 1.29 is 19.1 Å². The number of carbonyl (C=O) groups is 2. The van der Waals surface area contributed by atoms with E-state index in [0.717, 1.165) is 9.47 Å². The van der Waals surface area contributed by atoms with Gasteiger partial charge in [0.1, 0.15) is 11.4 Å². The van der Waals surface area contributed by atoms with Gasteiger partial charge in [-0.3, -0.25) is 14.2 Å². The number of halogens is 1. The number of thiophene rings is 1. The normalized spacial score (nSPS) is 21.4. The van der Waals surface area contributed by atoms with Gasteiger partial charge in [-0.2, -0.15) is 0 Å². The maximum absolute atomic E-state index is 14.0. The van der Waals surface area contributed by atoms with Crippen LogP contribution in [0.25, 0.3) is 10.2 Å². The Morgan fingerprint density at radius 2 is 2.27 bits per heavy atom. The second kappa shape index (κ2) is 5.16. The molecule has 0 spiro atoms. The first-order valence-electron chi connectivity index (χ1n) is 6.53. The van der Waals surface area contributed by atoms with Crippen LogP contribution in [-0.2, 0) is 16.1 Å². The van der Waals surface area contributed by atoms with E-state index in [1.165, 1.54) is 17.7 Å². The lowest BCUT2D eigenvalue weighted by molar-refractivity contribution is -0.150. The molecule has 1 saturated heterocycles. The van der Waals surface area contributed by atoms with E-state index in [4.69, 9.17) is 5.11 Å². The van der Waals surface area contributed by atoms with Gasteiger partial charge < -0.3 is 10.0 Å². The van der Waals surface area contributed by atoms with Crippen molar-refractivity contribution in [3.63, 3.8) is 0 Å². The van der Waals surface area contributed by atoms with E-state index in [2.05, 4.69) is 4.98 Å². The summed E-state index contributed by atoms with van der Waals surface area (Å²) in [5.74, 6) is -2.07. The fraction of sp³-hybridized carbons (Fsp3) is 0.385. The van der Waals surface area contributed by atoms with Crippen LogP contribution in [0.5, 0.6) is 0 Å². The molecule has 0 saturated carbocycles. The maximum atomic E-state index is 14.0. The number of carboxylic acids is 1. The number of hydrogen-bond donors (Lipinski definition) is 1. The molecule has 2 aromatic rings. The topological polar surface area (TPSA) is 92.5 Å². The van der Waals surface area contributed by atoms with Crippen LogP contribution < -0.4 is 5.56 Å². The van der Waals surface area contributed by atoms with E-state index >= 15 is 0 Å². The Kier molecular flexibility index (Phi) is 3.44. The number of carbonyl (C=O) groups excluding carboxylic acids is 1. The van der Waals surface area contributed by atoms with Gasteiger partial charge in [0.05, 0.1) is 18.3 Å². The molecule has 0 radical (unpaired) electrons.